The minimum absolute atomic E-state index is 0.0909. The molecule has 3 heteroatoms. The first-order valence-corrected chi connectivity index (χ1v) is 2.95. The van der Waals surface area contributed by atoms with Crippen molar-refractivity contribution in [2.75, 3.05) is 0 Å². The number of hydrogen-bond donors (Lipinski definition) is 2. The molecule has 0 aliphatic carbocycles. The first-order chi connectivity index (χ1) is 4.88. The maximum atomic E-state index is 10.9. The summed E-state index contributed by atoms with van der Waals surface area (Å²) in [6.07, 6.45) is 0. The normalized spacial score (nSPS) is 10.4. The number of aromatic amines is 2. The Hall–Kier alpha value is -1.51. The van der Waals surface area contributed by atoms with E-state index in [1.54, 1.807) is 18.2 Å². The van der Waals surface area contributed by atoms with Crippen molar-refractivity contribution in [3.8, 4) is 0 Å². The summed E-state index contributed by atoms with van der Waals surface area (Å²) in [5.74, 6) is 0. The topological polar surface area (TPSA) is 48.6 Å². The van der Waals surface area contributed by atoms with Gasteiger partial charge in [0.15, 0.2) is 0 Å². The standard InChI is InChI=1S/C7H5N2O/c10-7-5-3-1-2-4-6(5)8-9-7/h1-3H,(H2,8,9,10). The van der Waals surface area contributed by atoms with Crippen molar-refractivity contribution in [3.05, 3.63) is 34.6 Å². The van der Waals surface area contributed by atoms with Crippen molar-refractivity contribution in [2.45, 2.75) is 0 Å². The van der Waals surface area contributed by atoms with Crippen molar-refractivity contribution >= 4 is 10.9 Å². The predicted octanol–water partition coefficient (Wildman–Crippen LogP) is 0.656. The zero-order chi connectivity index (χ0) is 6.97. The summed E-state index contributed by atoms with van der Waals surface area (Å²) in [5.41, 5.74) is 0.638. The van der Waals surface area contributed by atoms with Gasteiger partial charge in [-0.1, -0.05) is 12.1 Å². The fraction of sp³-hybridized carbons (Fsp3) is 0. The molecule has 3 nitrogen and oxygen atoms in total. The summed E-state index contributed by atoms with van der Waals surface area (Å²) >= 11 is 0. The van der Waals surface area contributed by atoms with Crippen LogP contribution in [0.15, 0.2) is 23.0 Å². The molecule has 2 N–H and O–H groups in total. The number of rotatable bonds is 0. The van der Waals surface area contributed by atoms with Gasteiger partial charge in [-0.3, -0.25) is 15.0 Å². The van der Waals surface area contributed by atoms with E-state index in [0.717, 1.165) is 5.52 Å². The molecule has 0 atom stereocenters. The lowest BCUT2D eigenvalue weighted by molar-refractivity contribution is 1.08. The number of H-pyrrole nitrogens is 2. The highest BCUT2D eigenvalue weighted by Crippen LogP contribution is 2.01. The van der Waals surface area contributed by atoms with Crippen molar-refractivity contribution in [2.24, 2.45) is 0 Å². The van der Waals surface area contributed by atoms with E-state index in [-0.39, 0.29) is 5.56 Å². The minimum atomic E-state index is -0.0909. The van der Waals surface area contributed by atoms with Gasteiger partial charge >= 0.3 is 0 Å². The molecule has 10 heavy (non-hydrogen) atoms. The van der Waals surface area contributed by atoms with Crippen LogP contribution in [0.3, 0.4) is 0 Å². The Balaban J connectivity index is 3.07. The first-order valence-electron chi connectivity index (χ1n) is 2.95. The molecule has 1 heterocycles. The fourth-order valence-electron chi connectivity index (χ4n) is 0.916. The third-order valence-electron chi connectivity index (χ3n) is 1.40. The Labute approximate surface area is 56.7 Å². The molecule has 0 bridgehead atoms. The van der Waals surface area contributed by atoms with Crippen LogP contribution in [-0.4, -0.2) is 10.2 Å². The summed E-state index contributed by atoms with van der Waals surface area (Å²) in [5, 5.41) is 5.81. The van der Waals surface area contributed by atoms with Crippen LogP contribution in [0, 0.1) is 6.07 Å². The minimum Gasteiger partial charge on any atom is -0.297 e. The van der Waals surface area contributed by atoms with Crippen LogP contribution in [0.25, 0.3) is 10.9 Å². The molecular weight excluding hydrogens is 128 g/mol. The monoisotopic (exact) mass is 133 g/mol. The average molecular weight is 133 g/mol. The molecule has 0 spiro atoms. The summed E-state index contributed by atoms with van der Waals surface area (Å²) in [6, 6.07) is 8.18. The molecule has 0 saturated carbocycles. The van der Waals surface area contributed by atoms with Crippen LogP contribution in [-0.2, 0) is 0 Å². The van der Waals surface area contributed by atoms with E-state index >= 15 is 0 Å². The Kier molecular flexibility index (Phi) is 0.917. The Morgan fingerprint density at radius 1 is 1.40 bits per heavy atom. The van der Waals surface area contributed by atoms with Crippen LogP contribution in [0.1, 0.15) is 0 Å². The molecule has 49 valence electrons. The zero-order valence-corrected chi connectivity index (χ0v) is 5.14. The summed E-state index contributed by atoms with van der Waals surface area (Å²) in [6.45, 7) is 0. The molecule has 0 fully saturated rings. The summed E-state index contributed by atoms with van der Waals surface area (Å²) < 4.78 is 0. The first kappa shape index (κ1) is 5.29. The lowest BCUT2D eigenvalue weighted by Gasteiger charge is -1.80. The molecule has 0 aliphatic rings. The third kappa shape index (κ3) is 0.572. The molecule has 1 aromatic heterocycles. The van der Waals surface area contributed by atoms with E-state index in [1.807, 2.05) is 0 Å². The second-order valence-corrected chi connectivity index (χ2v) is 2.04. The molecular formula is C7H5N2O. The van der Waals surface area contributed by atoms with Crippen molar-refractivity contribution in [1.29, 1.82) is 0 Å². The highest BCUT2D eigenvalue weighted by atomic mass is 16.1. The molecule has 1 radical (unpaired) electrons. The SMILES string of the molecule is O=c1[nH][nH]c2[c]cccc12. The van der Waals surface area contributed by atoms with E-state index in [1.165, 1.54) is 0 Å². The van der Waals surface area contributed by atoms with Crippen LogP contribution in [0.5, 0.6) is 0 Å². The van der Waals surface area contributed by atoms with Crippen molar-refractivity contribution in [3.63, 3.8) is 0 Å². The van der Waals surface area contributed by atoms with E-state index in [4.69, 9.17) is 0 Å². The number of aromatic nitrogens is 2. The number of nitrogens with one attached hydrogen (secondary N) is 2. The van der Waals surface area contributed by atoms with Gasteiger partial charge in [0.05, 0.1) is 10.9 Å². The van der Waals surface area contributed by atoms with Gasteiger partial charge in [-0.2, -0.15) is 0 Å². The van der Waals surface area contributed by atoms with Crippen LogP contribution in [0.2, 0.25) is 0 Å². The smallest absolute Gasteiger partial charge is 0.271 e. The molecule has 2 rings (SSSR count). The maximum absolute atomic E-state index is 10.9. The molecule has 0 saturated heterocycles. The molecule has 0 aliphatic heterocycles. The Bertz CT molecular complexity index is 399. The quantitative estimate of drug-likeness (QED) is 0.544. The van der Waals surface area contributed by atoms with Gasteiger partial charge in [0.1, 0.15) is 0 Å². The zero-order valence-electron chi connectivity index (χ0n) is 5.14. The molecule has 0 unspecified atom stereocenters. The van der Waals surface area contributed by atoms with Gasteiger partial charge in [-0.25, -0.2) is 0 Å². The Morgan fingerprint density at radius 3 is 3.10 bits per heavy atom. The second-order valence-electron chi connectivity index (χ2n) is 2.04. The second kappa shape index (κ2) is 1.73. The van der Waals surface area contributed by atoms with E-state index in [9.17, 15) is 4.79 Å². The van der Waals surface area contributed by atoms with Crippen molar-refractivity contribution in [1.82, 2.24) is 10.2 Å². The van der Waals surface area contributed by atoms with Gasteiger partial charge < -0.3 is 0 Å². The van der Waals surface area contributed by atoms with Crippen LogP contribution in [0.4, 0.5) is 0 Å². The predicted molar refractivity (Wildman–Crippen MR) is 37.8 cm³/mol. The molecule has 1 aromatic carbocycles. The van der Waals surface area contributed by atoms with Gasteiger partial charge in [-0.15, -0.1) is 0 Å². The van der Waals surface area contributed by atoms with Crippen molar-refractivity contribution < 1.29 is 0 Å². The Morgan fingerprint density at radius 2 is 2.30 bits per heavy atom. The maximum Gasteiger partial charge on any atom is 0.271 e. The van der Waals surface area contributed by atoms with E-state index in [0.29, 0.717) is 5.39 Å². The van der Waals surface area contributed by atoms with Crippen LogP contribution < -0.4 is 5.56 Å². The van der Waals surface area contributed by atoms with Crippen LogP contribution >= 0.6 is 0 Å². The lowest BCUT2D eigenvalue weighted by Crippen LogP contribution is -1.96. The van der Waals surface area contributed by atoms with E-state index in [2.05, 4.69) is 16.3 Å². The van der Waals surface area contributed by atoms with Gasteiger partial charge in [-0.05, 0) is 6.07 Å². The number of para-hydroxylation sites is 1. The third-order valence-corrected chi connectivity index (χ3v) is 1.40. The molecule has 2 aromatic rings. The molecule has 0 amide bonds. The number of benzene rings is 1. The van der Waals surface area contributed by atoms with E-state index < -0.39 is 0 Å². The highest BCUT2D eigenvalue weighted by Gasteiger charge is 1.95. The number of hydrogen-bond acceptors (Lipinski definition) is 1. The fourth-order valence-corrected chi connectivity index (χ4v) is 0.916. The van der Waals surface area contributed by atoms with Gasteiger partial charge in [0.2, 0.25) is 0 Å². The lowest BCUT2D eigenvalue weighted by atomic mass is 10.3. The average Bonchev–Trinajstić information content (AvgIpc) is 2.34. The summed E-state index contributed by atoms with van der Waals surface area (Å²) in [4.78, 5) is 10.9. The van der Waals surface area contributed by atoms with Gasteiger partial charge in [0, 0.05) is 6.07 Å². The number of fused-ring (bicyclic) bond motifs is 1. The summed E-state index contributed by atoms with van der Waals surface area (Å²) in [7, 11) is 0. The van der Waals surface area contributed by atoms with Gasteiger partial charge in [0.25, 0.3) is 5.56 Å². The largest absolute Gasteiger partial charge is 0.297 e. The highest BCUT2D eigenvalue weighted by molar-refractivity contribution is 5.76.